The summed E-state index contributed by atoms with van der Waals surface area (Å²) in [5.74, 6) is 0. The Morgan fingerprint density at radius 3 is 1.17 bits per heavy atom. The lowest BCUT2D eigenvalue weighted by atomic mass is 9.93. The SMILES string of the molecule is CCCCNC(C)(C)C(SSSC(c1ccc(C(F)(F)F)cc1)C(C)(C)NCCCC)c1ccc(C(F)(F)F)cc1.Cl. The number of benzene rings is 2. The van der Waals surface area contributed by atoms with Crippen molar-refractivity contribution in [1.29, 1.82) is 0 Å². The van der Waals surface area contributed by atoms with Crippen molar-refractivity contribution >= 4 is 43.8 Å². The first-order chi connectivity index (χ1) is 19.0. The molecule has 0 aromatic heterocycles. The van der Waals surface area contributed by atoms with Crippen molar-refractivity contribution in [3.63, 3.8) is 0 Å². The number of nitrogens with one attached hydrogen (secondary N) is 2. The van der Waals surface area contributed by atoms with E-state index in [9.17, 15) is 26.3 Å². The summed E-state index contributed by atoms with van der Waals surface area (Å²) in [6.07, 6.45) is -4.84. The molecule has 0 aliphatic carbocycles. The molecule has 0 saturated carbocycles. The zero-order valence-electron chi connectivity index (χ0n) is 24.9. The first kappa shape index (κ1) is 39.3. The second-order valence-electron chi connectivity index (χ2n) is 11.3. The molecule has 2 nitrogen and oxygen atoms in total. The van der Waals surface area contributed by atoms with Crippen LogP contribution in [0.15, 0.2) is 48.5 Å². The molecule has 0 aliphatic rings. The lowest BCUT2D eigenvalue weighted by Crippen LogP contribution is -2.44. The van der Waals surface area contributed by atoms with Gasteiger partial charge in [0.25, 0.3) is 0 Å². The zero-order chi connectivity index (χ0) is 30.9. The smallest absolute Gasteiger partial charge is 0.310 e. The summed E-state index contributed by atoms with van der Waals surface area (Å²) < 4.78 is 79.4. The van der Waals surface area contributed by atoms with Crippen LogP contribution in [0.25, 0.3) is 0 Å². The molecule has 0 spiro atoms. The quantitative estimate of drug-likeness (QED) is 0.105. The van der Waals surface area contributed by atoms with Crippen molar-refractivity contribution < 1.29 is 26.3 Å². The van der Waals surface area contributed by atoms with Crippen LogP contribution in [0, 0.1) is 0 Å². The molecule has 0 amide bonds. The van der Waals surface area contributed by atoms with Crippen molar-refractivity contribution in [3.8, 4) is 0 Å². The Bertz CT molecular complexity index is 961. The van der Waals surface area contributed by atoms with Crippen molar-refractivity contribution in [2.45, 2.75) is 101 Å². The van der Waals surface area contributed by atoms with Gasteiger partial charge in [0.2, 0.25) is 0 Å². The molecule has 0 heterocycles. The van der Waals surface area contributed by atoms with Crippen LogP contribution in [0.4, 0.5) is 26.3 Å². The topological polar surface area (TPSA) is 24.1 Å². The van der Waals surface area contributed by atoms with Gasteiger partial charge < -0.3 is 10.6 Å². The van der Waals surface area contributed by atoms with Gasteiger partial charge >= 0.3 is 12.4 Å². The Morgan fingerprint density at radius 2 is 0.905 bits per heavy atom. The Hall–Kier alpha value is -0.720. The van der Waals surface area contributed by atoms with E-state index < -0.39 is 34.6 Å². The molecule has 0 saturated heterocycles. The van der Waals surface area contributed by atoms with Gasteiger partial charge in [0.15, 0.2) is 0 Å². The van der Waals surface area contributed by atoms with Crippen LogP contribution in [-0.2, 0) is 12.4 Å². The predicted octanol–water partition coefficient (Wildman–Crippen LogP) is 11.3. The van der Waals surface area contributed by atoms with E-state index in [0.717, 1.165) is 74.2 Å². The van der Waals surface area contributed by atoms with Crippen molar-refractivity contribution in [2.24, 2.45) is 0 Å². The molecule has 0 bridgehead atoms. The fourth-order valence-electron chi connectivity index (χ4n) is 4.34. The van der Waals surface area contributed by atoms with Gasteiger partial charge in [0.1, 0.15) is 0 Å². The number of hydrogen-bond donors (Lipinski definition) is 2. The van der Waals surface area contributed by atoms with E-state index in [1.54, 1.807) is 45.9 Å². The largest absolute Gasteiger partial charge is 0.416 e. The molecule has 0 fully saturated rings. The van der Waals surface area contributed by atoms with Crippen LogP contribution in [-0.4, -0.2) is 24.2 Å². The van der Waals surface area contributed by atoms with Gasteiger partial charge in [0.05, 0.1) is 21.6 Å². The average Bonchev–Trinajstić information content (AvgIpc) is 2.88. The highest BCUT2D eigenvalue weighted by molar-refractivity contribution is 9.09. The maximum Gasteiger partial charge on any atom is 0.416 e. The Labute approximate surface area is 264 Å². The predicted molar refractivity (Wildman–Crippen MR) is 172 cm³/mol. The highest BCUT2D eigenvalue weighted by atomic mass is 35.5. The minimum atomic E-state index is -4.41. The summed E-state index contributed by atoms with van der Waals surface area (Å²) in [6, 6.07) is 10.6. The number of rotatable bonds is 16. The van der Waals surface area contributed by atoms with Gasteiger partial charge in [-0.1, -0.05) is 72.5 Å². The molecule has 2 unspecified atom stereocenters. The van der Waals surface area contributed by atoms with E-state index >= 15 is 0 Å². The second kappa shape index (κ2) is 17.1. The van der Waals surface area contributed by atoms with Crippen molar-refractivity contribution in [1.82, 2.24) is 10.6 Å². The molecule has 0 aliphatic heterocycles. The maximum atomic E-state index is 13.2. The van der Waals surface area contributed by atoms with Crippen LogP contribution in [0.2, 0.25) is 0 Å². The number of alkyl halides is 6. The summed E-state index contributed by atoms with van der Waals surface area (Å²) in [4.78, 5) is 0. The maximum absolute atomic E-state index is 13.2. The summed E-state index contributed by atoms with van der Waals surface area (Å²) in [7, 11) is 4.63. The number of hydrogen-bond acceptors (Lipinski definition) is 5. The van der Waals surface area contributed by atoms with Crippen LogP contribution in [0.3, 0.4) is 0 Å². The van der Waals surface area contributed by atoms with E-state index in [1.807, 2.05) is 27.7 Å². The van der Waals surface area contributed by atoms with Crippen molar-refractivity contribution in [2.75, 3.05) is 13.1 Å². The van der Waals surface area contributed by atoms with Crippen LogP contribution >= 0.6 is 43.8 Å². The third kappa shape index (κ3) is 12.0. The van der Waals surface area contributed by atoms with Crippen molar-refractivity contribution in [3.05, 3.63) is 70.8 Å². The molecular weight excluding hydrogens is 634 g/mol. The summed E-state index contributed by atoms with van der Waals surface area (Å²) in [5.41, 5.74) is -0.706. The minimum Gasteiger partial charge on any atom is -0.310 e. The van der Waals surface area contributed by atoms with E-state index in [4.69, 9.17) is 0 Å². The molecule has 2 aromatic carbocycles. The Morgan fingerprint density at radius 1 is 0.595 bits per heavy atom. The minimum absolute atomic E-state index is 0. The van der Waals surface area contributed by atoms with Gasteiger partial charge in [-0.3, -0.25) is 0 Å². The van der Waals surface area contributed by atoms with E-state index in [0.29, 0.717) is 0 Å². The average molecular weight is 677 g/mol. The molecule has 2 aromatic rings. The molecule has 240 valence electrons. The standard InChI is InChI=1S/C30H42F6N2S3.ClH/c1-7-9-19-37-27(3,4)25(21-11-15-23(16-12-21)29(31,32)33)39-41-40-26(28(5,6)38-20-10-8-2)22-13-17-24(18-14-22)30(34,35)36;/h11-18,25-26,37-38H,7-10,19-20H2,1-6H3;1H. The Balaban J connectivity index is 0.00000882. The highest BCUT2D eigenvalue weighted by Crippen LogP contribution is 2.56. The van der Waals surface area contributed by atoms with Gasteiger partial charge in [-0.05, 0) is 98.8 Å². The van der Waals surface area contributed by atoms with Gasteiger partial charge in [-0.2, -0.15) is 26.3 Å². The second-order valence-corrected chi connectivity index (χ2v) is 15.5. The first-order valence-corrected chi connectivity index (χ1v) is 17.5. The normalized spacial score (nSPS) is 14.4. The molecule has 42 heavy (non-hydrogen) atoms. The van der Waals surface area contributed by atoms with E-state index in [2.05, 4.69) is 24.5 Å². The molecule has 2 N–H and O–H groups in total. The van der Waals surface area contributed by atoms with Gasteiger partial charge in [-0.25, -0.2) is 0 Å². The van der Waals surface area contributed by atoms with Gasteiger partial charge in [-0.15, -0.1) is 12.4 Å². The third-order valence-corrected chi connectivity index (χ3v) is 12.2. The zero-order valence-corrected chi connectivity index (χ0v) is 28.2. The molecule has 2 rings (SSSR count). The summed E-state index contributed by atoms with van der Waals surface area (Å²) in [5, 5.41) is 6.76. The lowest BCUT2D eigenvalue weighted by Gasteiger charge is -2.37. The molecule has 2 atom stereocenters. The third-order valence-electron chi connectivity index (χ3n) is 6.89. The summed E-state index contributed by atoms with van der Waals surface area (Å²) >= 11 is 0. The number of halogens is 7. The van der Waals surface area contributed by atoms with Gasteiger partial charge in [0, 0.05) is 11.1 Å². The highest BCUT2D eigenvalue weighted by Gasteiger charge is 2.37. The monoisotopic (exact) mass is 676 g/mol. The van der Waals surface area contributed by atoms with Crippen LogP contribution in [0.5, 0.6) is 0 Å². The van der Waals surface area contributed by atoms with Crippen LogP contribution < -0.4 is 10.6 Å². The molecule has 0 radical (unpaired) electrons. The van der Waals surface area contributed by atoms with Crippen LogP contribution in [0.1, 0.15) is 100.0 Å². The van der Waals surface area contributed by atoms with E-state index in [-0.39, 0.29) is 22.9 Å². The molecule has 12 heteroatoms. The van der Waals surface area contributed by atoms with E-state index in [1.165, 1.54) is 9.83 Å². The Kier molecular flexibility index (Phi) is 16.0. The number of unbranched alkanes of at least 4 members (excludes halogenated alkanes) is 2. The molecular formula is C30H43ClF6N2S3. The lowest BCUT2D eigenvalue weighted by molar-refractivity contribution is -0.138. The fraction of sp³-hybridized carbons (Fsp3) is 0.600. The fourth-order valence-corrected chi connectivity index (χ4v) is 10.3. The first-order valence-electron chi connectivity index (χ1n) is 13.9. The summed E-state index contributed by atoms with van der Waals surface area (Å²) in [6.45, 7) is 13.9.